The van der Waals surface area contributed by atoms with Crippen LogP contribution in [0.15, 0.2) is 29.3 Å². The summed E-state index contributed by atoms with van der Waals surface area (Å²) in [7, 11) is 0. The van der Waals surface area contributed by atoms with Crippen molar-refractivity contribution < 1.29 is 0 Å². The minimum atomic E-state index is 0.0438. The Bertz CT molecular complexity index is 422. The van der Waals surface area contributed by atoms with Crippen molar-refractivity contribution in [3.05, 3.63) is 35.4 Å². The number of amidine groups is 1. The Hall–Kier alpha value is -1.35. The largest absolute Gasteiger partial charge is 0.387 e. The lowest BCUT2D eigenvalue weighted by molar-refractivity contribution is 0.539. The summed E-state index contributed by atoms with van der Waals surface area (Å²) in [6, 6.07) is 8.83. The topological polar surface area (TPSA) is 50.4 Å². The average Bonchev–Trinajstić information content (AvgIpc) is 2.48. The van der Waals surface area contributed by atoms with Crippen molar-refractivity contribution in [1.82, 2.24) is 5.32 Å². The van der Waals surface area contributed by atoms with Crippen LogP contribution >= 0.6 is 0 Å². The fraction of sp³-hybridized carbons (Fsp3) is 0.588. The van der Waals surface area contributed by atoms with Gasteiger partial charge in [0.25, 0.3) is 0 Å². The van der Waals surface area contributed by atoms with E-state index in [-0.39, 0.29) is 6.17 Å². The molecule has 3 heteroatoms. The van der Waals surface area contributed by atoms with E-state index in [1.165, 1.54) is 49.7 Å². The molecule has 1 unspecified atom stereocenters. The Labute approximate surface area is 122 Å². The van der Waals surface area contributed by atoms with Gasteiger partial charge < -0.3 is 5.73 Å². The van der Waals surface area contributed by atoms with Crippen LogP contribution < -0.4 is 11.1 Å². The molecule has 0 saturated carbocycles. The van der Waals surface area contributed by atoms with Crippen LogP contribution in [-0.2, 0) is 6.42 Å². The Balaban J connectivity index is 1.82. The van der Waals surface area contributed by atoms with Gasteiger partial charge in [0.2, 0.25) is 0 Å². The molecule has 0 aliphatic carbocycles. The molecule has 1 atom stereocenters. The molecule has 1 heterocycles. The summed E-state index contributed by atoms with van der Waals surface area (Å²) in [5.74, 6) is 0.758. The Morgan fingerprint density at radius 1 is 1.15 bits per heavy atom. The van der Waals surface area contributed by atoms with Gasteiger partial charge >= 0.3 is 0 Å². The minimum Gasteiger partial charge on any atom is -0.387 e. The third kappa shape index (κ3) is 4.64. The fourth-order valence-corrected chi connectivity index (χ4v) is 2.60. The predicted octanol–water partition coefficient (Wildman–Crippen LogP) is 3.55. The highest BCUT2D eigenvalue weighted by molar-refractivity contribution is 5.81. The van der Waals surface area contributed by atoms with Crippen LogP contribution in [-0.4, -0.2) is 12.4 Å². The normalized spacial score (nSPS) is 18.9. The summed E-state index contributed by atoms with van der Waals surface area (Å²) in [6.45, 7) is 3.17. The lowest BCUT2D eigenvalue weighted by Crippen LogP contribution is -2.32. The maximum atomic E-state index is 5.81. The molecule has 3 nitrogen and oxygen atoms in total. The molecular formula is C17H27N3. The number of unbranched alkanes of at least 4 members (excludes halogenated alkanes) is 4. The number of aryl methyl sites for hydroxylation is 1. The molecule has 1 aliphatic rings. The van der Waals surface area contributed by atoms with Crippen LogP contribution in [0.1, 0.15) is 62.7 Å². The third-order valence-electron chi connectivity index (χ3n) is 3.88. The van der Waals surface area contributed by atoms with Crippen molar-refractivity contribution in [1.29, 1.82) is 0 Å². The van der Waals surface area contributed by atoms with E-state index in [9.17, 15) is 0 Å². The summed E-state index contributed by atoms with van der Waals surface area (Å²) in [5.41, 5.74) is 8.45. The second-order valence-corrected chi connectivity index (χ2v) is 5.63. The van der Waals surface area contributed by atoms with Crippen LogP contribution in [0, 0.1) is 0 Å². The van der Waals surface area contributed by atoms with E-state index < -0.39 is 0 Å². The molecule has 110 valence electrons. The first-order valence-electron chi connectivity index (χ1n) is 7.94. The van der Waals surface area contributed by atoms with Crippen molar-refractivity contribution in [2.75, 3.05) is 6.54 Å². The average molecular weight is 273 g/mol. The van der Waals surface area contributed by atoms with E-state index >= 15 is 0 Å². The zero-order valence-corrected chi connectivity index (χ0v) is 12.6. The van der Waals surface area contributed by atoms with Gasteiger partial charge in [-0.1, -0.05) is 56.9 Å². The van der Waals surface area contributed by atoms with Crippen LogP contribution in [0.4, 0.5) is 0 Å². The summed E-state index contributed by atoms with van der Waals surface area (Å²) < 4.78 is 0. The van der Waals surface area contributed by atoms with Crippen LogP contribution in [0.2, 0.25) is 0 Å². The number of nitrogens with one attached hydrogen (secondary N) is 1. The van der Waals surface area contributed by atoms with Gasteiger partial charge in [-0.25, -0.2) is 4.99 Å². The van der Waals surface area contributed by atoms with Gasteiger partial charge in [0.1, 0.15) is 6.17 Å². The highest BCUT2D eigenvalue weighted by Crippen LogP contribution is 2.18. The van der Waals surface area contributed by atoms with Gasteiger partial charge in [-0.3, -0.25) is 5.32 Å². The van der Waals surface area contributed by atoms with E-state index in [0.29, 0.717) is 0 Å². The number of rotatable bonds is 7. The van der Waals surface area contributed by atoms with E-state index in [4.69, 9.17) is 5.73 Å². The molecule has 0 radical (unpaired) electrons. The summed E-state index contributed by atoms with van der Waals surface area (Å²) in [4.78, 5) is 4.46. The number of nitrogens with zero attached hydrogens (tertiary/aromatic N) is 1. The molecule has 0 amide bonds. The number of hydrogen-bond acceptors (Lipinski definition) is 3. The van der Waals surface area contributed by atoms with Gasteiger partial charge in [-0.2, -0.15) is 0 Å². The second kappa shape index (κ2) is 8.05. The monoisotopic (exact) mass is 273 g/mol. The van der Waals surface area contributed by atoms with Crippen molar-refractivity contribution in [3.63, 3.8) is 0 Å². The maximum absolute atomic E-state index is 5.81. The van der Waals surface area contributed by atoms with E-state index in [2.05, 4.69) is 41.5 Å². The van der Waals surface area contributed by atoms with Crippen LogP contribution in [0.3, 0.4) is 0 Å². The van der Waals surface area contributed by atoms with Gasteiger partial charge in [0.15, 0.2) is 0 Å². The molecule has 0 aromatic heterocycles. The van der Waals surface area contributed by atoms with Crippen molar-refractivity contribution in [3.8, 4) is 0 Å². The Morgan fingerprint density at radius 2 is 1.90 bits per heavy atom. The van der Waals surface area contributed by atoms with Crippen LogP contribution in [0.25, 0.3) is 0 Å². The first-order valence-corrected chi connectivity index (χ1v) is 7.94. The second-order valence-electron chi connectivity index (χ2n) is 5.63. The molecule has 2 rings (SSSR count). The molecule has 0 fully saturated rings. The first kappa shape index (κ1) is 15.0. The molecule has 0 bridgehead atoms. The summed E-state index contributed by atoms with van der Waals surface area (Å²) in [6.07, 6.45) is 8.78. The van der Waals surface area contributed by atoms with Gasteiger partial charge in [-0.05, 0) is 24.0 Å². The lowest BCUT2D eigenvalue weighted by atomic mass is 10.0. The maximum Gasteiger partial charge on any atom is 0.127 e. The van der Waals surface area contributed by atoms with Gasteiger partial charge in [0.05, 0.1) is 5.84 Å². The highest BCUT2D eigenvalue weighted by atomic mass is 15.1. The Kier molecular flexibility index (Phi) is 6.06. The molecule has 1 aromatic rings. The molecule has 1 aliphatic heterocycles. The van der Waals surface area contributed by atoms with E-state index in [1.807, 2.05) is 0 Å². The third-order valence-corrected chi connectivity index (χ3v) is 3.88. The standard InChI is InChI=1S/C17H27N3/c1-2-3-4-5-6-7-14-8-10-15(11-9-14)17-19-13-12-16(18)20-17/h8-11,17,19H,2-7,12-13H2,1H3,(H2,18,20). The number of nitrogens with two attached hydrogens (primary N) is 1. The quantitative estimate of drug-likeness (QED) is 0.746. The summed E-state index contributed by atoms with van der Waals surface area (Å²) >= 11 is 0. The zero-order valence-electron chi connectivity index (χ0n) is 12.6. The zero-order chi connectivity index (χ0) is 14.2. The van der Waals surface area contributed by atoms with Gasteiger partial charge in [-0.15, -0.1) is 0 Å². The van der Waals surface area contributed by atoms with Gasteiger partial charge in [0, 0.05) is 13.0 Å². The number of hydrogen-bond donors (Lipinski definition) is 2. The molecule has 3 N–H and O–H groups in total. The van der Waals surface area contributed by atoms with Crippen molar-refractivity contribution in [2.24, 2.45) is 10.7 Å². The van der Waals surface area contributed by atoms with Crippen molar-refractivity contribution >= 4 is 5.84 Å². The number of aliphatic imine (C=N–C) groups is 1. The SMILES string of the molecule is CCCCCCCc1ccc(C2N=C(N)CCN2)cc1. The molecule has 1 aromatic carbocycles. The minimum absolute atomic E-state index is 0.0438. The van der Waals surface area contributed by atoms with E-state index in [0.717, 1.165) is 18.8 Å². The smallest absolute Gasteiger partial charge is 0.127 e. The highest BCUT2D eigenvalue weighted by Gasteiger charge is 2.13. The molecular weight excluding hydrogens is 246 g/mol. The van der Waals surface area contributed by atoms with E-state index in [1.54, 1.807) is 0 Å². The molecule has 20 heavy (non-hydrogen) atoms. The Morgan fingerprint density at radius 3 is 2.60 bits per heavy atom. The number of benzene rings is 1. The predicted molar refractivity (Wildman–Crippen MR) is 85.9 cm³/mol. The first-order chi connectivity index (χ1) is 9.79. The lowest BCUT2D eigenvalue weighted by Gasteiger charge is -2.20. The molecule has 0 spiro atoms. The fourth-order valence-electron chi connectivity index (χ4n) is 2.60. The molecule has 0 saturated heterocycles. The van der Waals surface area contributed by atoms with Crippen molar-refractivity contribution in [2.45, 2.75) is 58.0 Å². The van der Waals surface area contributed by atoms with Crippen LogP contribution in [0.5, 0.6) is 0 Å². The summed E-state index contributed by atoms with van der Waals surface area (Å²) in [5, 5.41) is 3.38.